The number of carbonyl (C=O) groups excluding carboxylic acids is 1. The van der Waals surface area contributed by atoms with Crippen LogP contribution in [0.1, 0.15) is 5.56 Å². The molecule has 0 aliphatic rings. The SMILES string of the molecule is Cc1cc([N+](=O)[O-])cc(Cl)c1NC(=O)CCl. The quantitative estimate of drug-likeness (QED) is 0.517. The molecular formula is C9H8Cl2N2O3. The Kier molecular flexibility index (Phi) is 4.09. The summed E-state index contributed by atoms with van der Waals surface area (Å²) < 4.78 is 0. The van der Waals surface area contributed by atoms with Gasteiger partial charge >= 0.3 is 0 Å². The molecule has 1 N–H and O–H groups in total. The van der Waals surface area contributed by atoms with Crippen molar-refractivity contribution < 1.29 is 9.72 Å². The van der Waals surface area contributed by atoms with Crippen molar-refractivity contribution in [3.63, 3.8) is 0 Å². The molecule has 0 spiro atoms. The number of hydrogen-bond acceptors (Lipinski definition) is 3. The third-order valence-electron chi connectivity index (χ3n) is 1.87. The molecule has 16 heavy (non-hydrogen) atoms. The van der Waals surface area contributed by atoms with Gasteiger partial charge in [0.25, 0.3) is 5.69 Å². The van der Waals surface area contributed by atoms with Crippen molar-refractivity contribution in [3.8, 4) is 0 Å². The first-order valence-corrected chi connectivity index (χ1v) is 5.17. The van der Waals surface area contributed by atoms with E-state index in [-0.39, 0.29) is 16.6 Å². The Morgan fingerprint density at radius 1 is 1.56 bits per heavy atom. The summed E-state index contributed by atoms with van der Waals surface area (Å²) in [5.74, 6) is -0.618. The summed E-state index contributed by atoms with van der Waals surface area (Å²) >= 11 is 11.1. The normalized spacial score (nSPS) is 9.94. The van der Waals surface area contributed by atoms with Crippen molar-refractivity contribution in [2.24, 2.45) is 0 Å². The zero-order valence-electron chi connectivity index (χ0n) is 8.29. The first-order chi connectivity index (χ1) is 7.45. The summed E-state index contributed by atoms with van der Waals surface area (Å²) in [5.41, 5.74) is 0.738. The number of nitro groups is 1. The van der Waals surface area contributed by atoms with Gasteiger partial charge < -0.3 is 5.32 Å². The molecule has 1 aromatic carbocycles. The van der Waals surface area contributed by atoms with Crippen LogP contribution in [-0.2, 0) is 4.79 Å². The second-order valence-electron chi connectivity index (χ2n) is 3.06. The molecule has 0 atom stereocenters. The molecule has 86 valence electrons. The number of anilines is 1. The number of rotatable bonds is 3. The second kappa shape index (κ2) is 5.14. The van der Waals surface area contributed by atoms with Gasteiger partial charge in [-0.25, -0.2) is 0 Å². The van der Waals surface area contributed by atoms with Crippen molar-refractivity contribution in [2.75, 3.05) is 11.2 Å². The highest BCUT2D eigenvalue weighted by atomic mass is 35.5. The van der Waals surface area contributed by atoms with Crippen LogP contribution < -0.4 is 5.32 Å². The highest BCUT2D eigenvalue weighted by molar-refractivity contribution is 6.35. The van der Waals surface area contributed by atoms with Crippen molar-refractivity contribution in [1.29, 1.82) is 0 Å². The maximum atomic E-state index is 11.1. The van der Waals surface area contributed by atoms with Crippen molar-refractivity contribution >= 4 is 40.5 Å². The number of carbonyl (C=O) groups is 1. The molecular weight excluding hydrogens is 255 g/mol. The van der Waals surface area contributed by atoms with E-state index in [1.165, 1.54) is 12.1 Å². The minimum absolute atomic E-state index is 0.116. The zero-order chi connectivity index (χ0) is 12.3. The van der Waals surface area contributed by atoms with Gasteiger partial charge in [0.05, 0.1) is 15.6 Å². The molecule has 7 heteroatoms. The van der Waals surface area contributed by atoms with E-state index in [1.807, 2.05) is 0 Å². The molecule has 1 rings (SSSR count). The van der Waals surface area contributed by atoms with Crippen LogP contribution in [0, 0.1) is 17.0 Å². The molecule has 1 aromatic rings. The topological polar surface area (TPSA) is 72.2 Å². The lowest BCUT2D eigenvalue weighted by Gasteiger charge is -2.08. The number of halogens is 2. The van der Waals surface area contributed by atoms with Crippen LogP contribution in [0.3, 0.4) is 0 Å². The Morgan fingerprint density at radius 2 is 2.19 bits per heavy atom. The van der Waals surface area contributed by atoms with Gasteiger partial charge in [-0.05, 0) is 12.5 Å². The van der Waals surface area contributed by atoms with Gasteiger partial charge in [0.15, 0.2) is 0 Å². The highest BCUT2D eigenvalue weighted by Crippen LogP contribution is 2.30. The lowest BCUT2D eigenvalue weighted by molar-refractivity contribution is -0.384. The predicted molar refractivity (Wildman–Crippen MR) is 62.2 cm³/mol. The summed E-state index contributed by atoms with van der Waals surface area (Å²) in [7, 11) is 0. The van der Waals surface area contributed by atoms with Crippen molar-refractivity contribution in [2.45, 2.75) is 6.92 Å². The monoisotopic (exact) mass is 262 g/mol. The van der Waals surface area contributed by atoms with E-state index in [0.29, 0.717) is 11.3 Å². The molecule has 0 fully saturated rings. The molecule has 0 heterocycles. The summed E-state index contributed by atoms with van der Waals surface area (Å²) in [5, 5.41) is 13.1. The van der Waals surface area contributed by atoms with Gasteiger partial charge in [-0.15, -0.1) is 11.6 Å². The summed E-state index contributed by atoms with van der Waals surface area (Å²) in [6.45, 7) is 1.61. The highest BCUT2D eigenvalue weighted by Gasteiger charge is 2.14. The molecule has 0 unspecified atom stereocenters. The van der Waals surface area contributed by atoms with E-state index in [2.05, 4.69) is 5.32 Å². The van der Waals surface area contributed by atoms with E-state index < -0.39 is 10.8 Å². The summed E-state index contributed by atoms with van der Waals surface area (Å²) in [6, 6.07) is 2.51. The van der Waals surface area contributed by atoms with Crippen molar-refractivity contribution in [1.82, 2.24) is 0 Å². The van der Waals surface area contributed by atoms with E-state index >= 15 is 0 Å². The minimum Gasteiger partial charge on any atom is -0.323 e. The smallest absolute Gasteiger partial charge is 0.271 e. The number of nitrogens with one attached hydrogen (secondary N) is 1. The van der Waals surface area contributed by atoms with Crippen LogP contribution in [0.2, 0.25) is 5.02 Å². The predicted octanol–water partition coefficient (Wildman–Crippen LogP) is 2.73. The lowest BCUT2D eigenvalue weighted by atomic mass is 10.2. The van der Waals surface area contributed by atoms with Gasteiger partial charge in [-0.1, -0.05) is 11.6 Å². The fraction of sp³-hybridized carbons (Fsp3) is 0.222. The average Bonchev–Trinajstić information content (AvgIpc) is 2.22. The second-order valence-corrected chi connectivity index (χ2v) is 3.73. The summed E-state index contributed by atoms with van der Waals surface area (Å²) in [4.78, 5) is 21.1. The van der Waals surface area contributed by atoms with Gasteiger partial charge in [0.1, 0.15) is 5.88 Å². The van der Waals surface area contributed by atoms with Crippen LogP contribution in [0.5, 0.6) is 0 Å². The first-order valence-electron chi connectivity index (χ1n) is 4.26. The number of alkyl halides is 1. The molecule has 0 aliphatic carbocycles. The Hall–Kier alpha value is -1.33. The fourth-order valence-electron chi connectivity index (χ4n) is 1.16. The van der Waals surface area contributed by atoms with Crippen LogP contribution in [0.4, 0.5) is 11.4 Å². The van der Waals surface area contributed by atoms with Gasteiger partial charge in [-0.2, -0.15) is 0 Å². The van der Waals surface area contributed by atoms with Crippen LogP contribution >= 0.6 is 23.2 Å². The van der Waals surface area contributed by atoms with Gasteiger partial charge in [0, 0.05) is 12.1 Å². The van der Waals surface area contributed by atoms with E-state index in [0.717, 1.165) is 0 Å². The average molecular weight is 263 g/mol. The first kappa shape index (κ1) is 12.7. The largest absolute Gasteiger partial charge is 0.323 e. The summed E-state index contributed by atoms with van der Waals surface area (Å²) in [6.07, 6.45) is 0. The third kappa shape index (κ3) is 2.84. The Bertz CT molecular complexity index is 425. The molecule has 0 saturated heterocycles. The van der Waals surface area contributed by atoms with E-state index in [9.17, 15) is 14.9 Å². The Balaban J connectivity index is 3.12. The number of hydrogen-bond donors (Lipinski definition) is 1. The van der Waals surface area contributed by atoms with Crippen LogP contribution in [0.15, 0.2) is 12.1 Å². The Morgan fingerprint density at radius 3 is 2.62 bits per heavy atom. The maximum Gasteiger partial charge on any atom is 0.271 e. The van der Waals surface area contributed by atoms with E-state index in [4.69, 9.17) is 23.2 Å². The zero-order valence-corrected chi connectivity index (χ0v) is 9.80. The third-order valence-corrected chi connectivity index (χ3v) is 2.41. The van der Waals surface area contributed by atoms with Gasteiger partial charge in [0.2, 0.25) is 5.91 Å². The molecule has 0 aromatic heterocycles. The number of non-ortho nitro benzene ring substituents is 1. The maximum absolute atomic E-state index is 11.1. The van der Waals surface area contributed by atoms with Crippen LogP contribution in [0.25, 0.3) is 0 Å². The molecule has 0 radical (unpaired) electrons. The molecule has 0 saturated carbocycles. The molecule has 1 amide bonds. The van der Waals surface area contributed by atoms with Crippen molar-refractivity contribution in [3.05, 3.63) is 32.8 Å². The molecule has 5 nitrogen and oxygen atoms in total. The number of amides is 1. The number of nitro benzene ring substituents is 1. The minimum atomic E-state index is -0.550. The number of nitrogens with zero attached hydrogens (tertiary/aromatic N) is 1. The molecule has 0 bridgehead atoms. The standard InChI is InChI=1S/C9H8Cl2N2O3/c1-5-2-6(13(15)16)3-7(11)9(5)12-8(14)4-10/h2-3H,4H2,1H3,(H,12,14). The fourth-order valence-corrected chi connectivity index (χ4v) is 1.54. The Labute approximate surface area is 101 Å². The number of aryl methyl sites for hydroxylation is 1. The number of benzene rings is 1. The lowest BCUT2D eigenvalue weighted by Crippen LogP contribution is -2.14. The molecule has 0 aliphatic heterocycles. The van der Waals surface area contributed by atoms with E-state index in [1.54, 1.807) is 6.92 Å². The van der Waals surface area contributed by atoms with Crippen LogP contribution in [-0.4, -0.2) is 16.7 Å². The van der Waals surface area contributed by atoms with Gasteiger partial charge in [-0.3, -0.25) is 14.9 Å².